The number of rotatable bonds is 5. The topological polar surface area (TPSA) is 30.8 Å². The first-order valence-electron chi connectivity index (χ1n) is 12.9. The molecule has 1 aliphatic heterocycles. The lowest BCUT2D eigenvalue weighted by atomic mass is 9.86. The third-order valence-corrected chi connectivity index (χ3v) is 8.95. The SMILES string of the molecule is CC(C)(C)c1ccc2c(c1)C=C(c1cc(C(F)(F)F)cc(C(F)(F)F)c1)P(Oc1ccccc1)(Oc1ccccc1)=N2. The highest BCUT2D eigenvalue weighted by Crippen LogP contribution is 2.67. The maximum Gasteiger partial charge on any atom is 0.416 e. The minimum atomic E-state index is -5.04. The maximum absolute atomic E-state index is 13.9. The van der Waals surface area contributed by atoms with E-state index >= 15 is 0 Å². The van der Waals surface area contributed by atoms with Gasteiger partial charge in [0.15, 0.2) is 0 Å². The minimum absolute atomic E-state index is 0.0228. The summed E-state index contributed by atoms with van der Waals surface area (Å²) in [5, 5.41) is -0.0228. The first-order valence-corrected chi connectivity index (χ1v) is 14.5. The van der Waals surface area contributed by atoms with Gasteiger partial charge in [0.1, 0.15) is 11.5 Å². The van der Waals surface area contributed by atoms with Crippen LogP contribution >= 0.6 is 7.51 Å². The average molecular weight is 602 g/mol. The van der Waals surface area contributed by atoms with Crippen molar-refractivity contribution in [2.24, 2.45) is 4.74 Å². The zero-order valence-corrected chi connectivity index (χ0v) is 23.7. The third kappa shape index (κ3) is 6.26. The van der Waals surface area contributed by atoms with E-state index in [2.05, 4.69) is 0 Å². The summed E-state index contributed by atoms with van der Waals surface area (Å²) in [4.78, 5) is 0. The van der Waals surface area contributed by atoms with E-state index in [4.69, 9.17) is 13.8 Å². The van der Waals surface area contributed by atoms with E-state index in [0.717, 1.165) is 5.56 Å². The van der Waals surface area contributed by atoms with Gasteiger partial charge >= 0.3 is 19.9 Å². The van der Waals surface area contributed by atoms with Crippen molar-refractivity contribution in [2.75, 3.05) is 0 Å². The summed E-state index contributed by atoms with van der Waals surface area (Å²) in [6.07, 6.45) is -8.55. The summed E-state index contributed by atoms with van der Waals surface area (Å²) in [5.74, 6) is 0.573. The van der Waals surface area contributed by atoms with Crippen molar-refractivity contribution in [3.8, 4) is 11.5 Å². The van der Waals surface area contributed by atoms with Gasteiger partial charge in [0, 0.05) is 5.56 Å². The number of nitrogens with zero attached hydrogens (tertiary/aromatic N) is 1. The Balaban J connectivity index is 1.85. The van der Waals surface area contributed by atoms with Crippen molar-refractivity contribution < 1.29 is 35.4 Å². The van der Waals surface area contributed by atoms with E-state index in [9.17, 15) is 26.3 Å². The molecule has 1 heterocycles. The molecule has 0 amide bonds. The molecule has 218 valence electrons. The molecule has 0 aromatic heterocycles. The fourth-order valence-corrected chi connectivity index (χ4v) is 6.87. The van der Waals surface area contributed by atoms with Gasteiger partial charge in [-0.15, -0.1) is 0 Å². The number of fused-ring (bicyclic) bond motifs is 1. The summed E-state index contributed by atoms with van der Waals surface area (Å²) in [6, 6.07) is 23.7. The summed E-state index contributed by atoms with van der Waals surface area (Å²) in [5.41, 5.74) is -1.66. The zero-order valence-electron chi connectivity index (χ0n) is 22.8. The van der Waals surface area contributed by atoms with Gasteiger partial charge in [0.25, 0.3) is 0 Å². The Labute approximate surface area is 239 Å². The number of benzene rings is 4. The summed E-state index contributed by atoms with van der Waals surface area (Å²) in [7, 11) is -3.85. The first-order chi connectivity index (χ1) is 19.6. The van der Waals surface area contributed by atoms with E-state index in [-0.39, 0.29) is 33.9 Å². The molecule has 4 aromatic rings. The predicted octanol–water partition coefficient (Wildman–Crippen LogP) is 11.4. The smallest absolute Gasteiger partial charge is 0.416 e. The van der Waals surface area contributed by atoms with Crippen LogP contribution in [0, 0.1) is 0 Å². The molecule has 0 spiro atoms. The molecule has 0 radical (unpaired) electrons. The largest absolute Gasteiger partial charge is 0.427 e. The second-order valence-electron chi connectivity index (χ2n) is 10.8. The van der Waals surface area contributed by atoms with Gasteiger partial charge in [-0.3, -0.25) is 0 Å². The Morgan fingerprint density at radius 3 is 1.55 bits per heavy atom. The van der Waals surface area contributed by atoms with E-state index in [1.54, 1.807) is 66.7 Å². The average Bonchev–Trinajstić information content (AvgIpc) is 2.92. The van der Waals surface area contributed by atoms with Crippen LogP contribution in [0.3, 0.4) is 0 Å². The van der Waals surface area contributed by atoms with Gasteiger partial charge in [-0.1, -0.05) is 63.2 Å². The molecule has 42 heavy (non-hydrogen) atoms. The van der Waals surface area contributed by atoms with Crippen molar-refractivity contribution in [3.05, 3.63) is 125 Å². The van der Waals surface area contributed by atoms with E-state index in [1.807, 2.05) is 32.9 Å². The third-order valence-electron chi connectivity index (χ3n) is 6.56. The highest BCUT2D eigenvalue weighted by Gasteiger charge is 2.41. The van der Waals surface area contributed by atoms with Gasteiger partial charge in [-0.25, -0.2) is 0 Å². The molecule has 0 bridgehead atoms. The summed E-state index contributed by atoms with van der Waals surface area (Å²) in [6.45, 7) is 5.99. The maximum atomic E-state index is 13.9. The molecule has 0 aliphatic carbocycles. The second kappa shape index (κ2) is 10.7. The van der Waals surface area contributed by atoms with Crippen molar-refractivity contribution in [1.29, 1.82) is 0 Å². The van der Waals surface area contributed by atoms with Crippen LogP contribution in [-0.2, 0) is 17.8 Å². The zero-order chi connectivity index (χ0) is 30.3. The van der Waals surface area contributed by atoms with Crippen molar-refractivity contribution in [3.63, 3.8) is 0 Å². The number of hydrogen-bond donors (Lipinski definition) is 0. The number of hydrogen-bond acceptors (Lipinski definition) is 3. The molecular weight excluding hydrogens is 575 g/mol. The Hall–Kier alpha value is -3.97. The van der Waals surface area contributed by atoms with E-state index < -0.39 is 31.0 Å². The second-order valence-corrected chi connectivity index (χ2v) is 12.9. The standard InChI is InChI=1S/C32H26F6NO2P/c1-30(2,3)23-14-15-28-21(16-23)19-29(22-17-24(31(33,34)35)20-25(18-22)32(36,37)38)42(39-28,40-26-10-6-4-7-11-26)41-27-12-8-5-9-13-27/h4-20H,1-3H3. The van der Waals surface area contributed by atoms with Crippen LogP contribution in [0.1, 0.15) is 48.6 Å². The lowest BCUT2D eigenvalue weighted by molar-refractivity contribution is -0.143. The van der Waals surface area contributed by atoms with Crippen LogP contribution in [0.5, 0.6) is 11.5 Å². The van der Waals surface area contributed by atoms with Crippen molar-refractivity contribution >= 4 is 24.6 Å². The Morgan fingerprint density at radius 2 is 1.10 bits per heavy atom. The van der Waals surface area contributed by atoms with Crippen LogP contribution in [0.4, 0.5) is 32.0 Å². The monoisotopic (exact) mass is 601 g/mol. The van der Waals surface area contributed by atoms with Crippen LogP contribution in [0.2, 0.25) is 0 Å². The normalized spacial score (nSPS) is 14.8. The minimum Gasteiger partial charge on any atom is -0.427 e. The molecule has 5 rings (SSSR count). The molecule has 0 N–H and O–H groups in total. The molecule has 0 atom stereocenters. The van der Waals surface area contributed by atoms with Crippen LogP contribution in [-0.4, -0.2) is 0 Å². The fourth-order valence-electron chi connectivity index (χ4n) is 4.41. The molecule has 0 unspecified atom stereocenters. The van der Waals surface area contributed by atoms with Gasteiger partial charge in [-0.05, 0) is 77.2 Å². The predicted molar refractivity (Wildman–Crippen MR) is 153 cm³/mol. The molecule has 0 saturated heterocycles. The van der Waals surface area contributed by atoms with Crippen molar-refractivity contribution in [1.82, 2.24) is 0 Å². The van der Waals surface area contributed by atoms with Crippen LogP contribution in [0.25, 0.3) is 11.4 Å². The first kappa shape index (κ1) is 29.5. The van der Waals surface area contributed by atoms with Gasteiger partial charge < -0.3 is 9.05 Å². The van der Waals surface area contributed by atoms with Gasteiger partial charge in [-0.2, -0.15) is 31.1 Å². The van der Waals surface area contributed by atoms with Crippen LogP contribution < -0.4 is 9.05 Å². The lowest BCUT2D eigenvalue weighted by Crippen LogP contribution is -2.13. The molecule has 3 nitrogen and oxygen atoms in total. The summed E-state index contributed by atoms with van der Waals surface area (Å²) >= 11 is 0. The number of halogens is 6. The molecular formula is C32H26F6NO2P. The Bertz CT molecular complexity index is 1610. The quantitative estimate of drug-likeness (QED) is 0.168. The van der Waals surface area contributed by atoms with Crippen LogP contribution in [0.15, 0.2) is 102 Å². The molecule has 0 fully saturated rings. The number of alkyl halides is 6. The number of para-hydroxylation sites is 2. The van der Waals surface area contributed by atoms with E-state index in [0.29, 0.717) is 23.4 Å². The highest BCUT2D eigenvalue weighted by molar-refractivity contribution is 7.68. The molecule has 1 aliphatic rings. The fraction of sp³-hybridized carbons (Fsp3) is 0.188. The Kier molecular flexibility index (Phi) is 7.52. The van der Waals surface area contributed by atoms with Gasteiger partial charge in [0.05, 0.1) is 22.1 Å². The molecule has 4 aromatic carbocycles. The Morgan fingerprint density at radius 1 is 0.595 bits per heavy atom. The highest BCUT2D eigenvalue weighted by atomic mass is 31.2. The van der Waals surface area contributed by atoms with Crippen molar-refractivity contribution in [2.45, 2.75) is 38.5 Å². The molecule has 10 heteroatoms. The van der Waals surface area contributed by atoms with Gasteiger partial charge in [0.2, 0.25) is 0 Å². The van der Waals surface area contributed by atoms with E-state index in [1.165, 1.54) is 6.08 Å². The summed E-state index contributed by atoms with van der Waals surface area (Å²) < 4.78 is 101. The molecule has 0 saturated carbocycles. The lowest BCUT2D eigenvalue weighted by Gasteiger charge is -2.31.